The van der Waals surface area contributed by atoms with Crippen molar-refractivity contribution in [1.82, 2.24) is 0 Å². The quantitative estimate of drug-likeness (QED) is 0.606. The number of ether oxygens (including phenoxy) is 3. The van der Waals surface area contributed by atoms with Crippen molar-refractivity contribution in [2.24, 2.45) is 0 Å². The van der Waals surface area contributed by atoms with Crippen LogP contribution in [0.1, 0.15) is 13.3 Å². The Kier molecular flexibility index (Phi) is 4.29. The Morgan fingerprint density at radius 3 is 2.25 bits per heavy atom. The van der Waals surface area contributed by atoms with Gasteiger partial charge in [0.2, 0.25) is 0 Å². The van der Waals surface area contributed by atoms with Gasteiger partial charge in [-0.2, -0.15) is 0 Å². The predicted octanol–water partition coefficient (Wildman–Crippen LogP) is 1.46. The molecule has 6 N–H and O–H groups in total. The minimum atomic E-state index is -0.151. The summed E-state index contributed by atoms with van der Waals surface area (Å²) in [6.45, 7) is 3.34. The SMILES string of the molecule is CCCOC1CNc2c(N)c(OC)c(OC)c(N)c2N1. The van der Waals surface area contributed by atoms with E-state index in [2.05, 4.69) is 17.6 Å². The molecule has 0 amide bonds. The predicted molar refractivity (Wildman–Crippen MR) is 80.5 cm³/mol. The van der Waals surface area contributed by atoms with Gasteiger partial charge in [-0.05, 0) is 6.42 Å². The molecule has 0 aliphatic carbocycles. The lowest BCUT2D eigenvalue weighted by atomic mass is 10.1. The molecule has 0 saturated carbocycles. The van der Waals surface area contributed by atoms with E-state index in [0.717, 1.165) is 12.1 Å². The largest absolute Gasteiger partial charge is 0.491 e. The first-order chi connectivity index (χ1) is 9.63. The molecule has 20 heavy (non-hydrogen) atoms. The summed E-state index contributed by atoms with van der Waals surface area (Å²) in [5, 5.41) is 6.47. The Labute approximate surface area is 118 Å². The molecule has 1 aromatic carbocycles. The van der Waals surface area contributed by atoms with Crippen molar-refractivity contribution in [3.05, 3.63) is 0 Å². The van der Waals surface area contributed by atoms with E-state index in [4.69, 9.17) is 25.7 Å². The number of nitrogen functional groups attached to an aromatic ring is 2. The maximum atomic E-state index is 6.13. The topological polar surface area (TPSA) is 104 Å². The Hall–Kier alpha value is -2.02. The van der Waals surface area contributed by atoms with Crippen molar-refractivity contribution in [2.75, 3.05) is 49.5 Å². The molecular formula is C13H22N4O3. The summed E-state index contributed by atoms with van der Waals surface area (Å²) in [5.74, 6) is 0.861. The molecule has 0 aromatic heterocycles. The highest BCUT2D eigenvalue weighted by molar-refractivity contribution is 5.98. The van der Waals surface area contributed by atoms with Gasteiger partial charge >= 0.3 is 0 Å². The van der Waals surface area contributed by atoms with Crippen molar-refractivity contribution in [1.29, 1.82) is 0 Å². The van der Waals surface area contributed by atoms with Gasteiger partial charge in [-0.1, -0.05) is 6.92 Å². The highest BCUT2D eigenvalue weighted by atomic mass is 16.5. The van der Waals surface area contributed by atoms with Gasteiger partial charge in [0.1, 0.15) is 17.6 Å². The van der Waals surface area contributed by atoms with Crippen LogP contribution in [0.2, 0.25) is 0 Å². The fourth-order valence-electron chi connectivity index (χ4n) is 2.25. The normalized spacial score (nSPS) is 16.9. The number of nitrogens with one attached hydrogen (secondary N) is 2. The molecule has 2 rings (SSSR count). The Bertz CT molecular complexity index is 493. The number of hydrogen-bond acceptors (Lipinski definition) is 7. The Balaban J connectivity index is 2.39. The van der Waals surface area contributed by atoms with E-state index >= 15 is 0 Å². The summed E-state index contributed by atoms with van der Waals surface area (Å²) >= 11 is 0. The standard InChI is InChI=1S/C13H22N4O3/c1-4-5-20-7-6-16-10-8(14)12(18-2)13(19-3)9(15)11(10)17-7/h7,16-17H,4-6,14-15H2,1-3H3. The molecule has 1 aromatic rings. The highest BCUT2D eigenvalue weighted by Gasteiger charge is 2.27. The highest BCUT2D eigenvalue weighted by Crippen LogP contribution is 2.50. The number of methoxy groups -OCH3 is 2. The zero-order valence-electron chi connectivity index (χ0n) is 12.1. The molecular weight excluding hydrogens is 260 g/mol. The fourth-order valence-corrected chi connectivity index (χ4v) is 2.25. The maximum absolute atomic E-state index is 6.13. The van der Waals surface area contributed by atoms with Gasteiger partial charge in [-0.25, -0.2) is 0 Å². The minimum absolute atomic E-state index is 0.151. The van der Waals surface area contributed by atoms with E-state index in [1.165, 1.54) is 14.2 Å². The molecule has 0 saturated heterocycles. The maximum Gasteiger partial charge on any atom is 0.188 e. The van der Waals surface area contributed by atoms with Gasteiger partial charge in [0.05, 0.1) is 32.1 Å². The Morgan fingerprint density at radius 1 is 1.10 bits per heavy atom. The lowest BCUT2D eigenvalue weighted by Crippen LogP contribution is -2.36. The molecule has 1 atom stereocenters. The van der Waals surface area contributed by atoms with E-state index in [1.807, 2.05) is 0 Å². The summed E-state index contributed by atoms with van der Waals surface area (Å²) in [7, 11) is 3.06. The van der Waals surface area contributed by atoms with Crippen LogP contribution in [0.4, 0.5) is 22.7 Å². The minimum Gasteiger partial charge on any atom is -0.491 e. The van der Waals surface area contributed by atoms with Crippen LogP contribution in [0.5, 0.6) is 11.5 Å². The third-order valence-electron chi connectivity index (χ3n) is 3.19. The molecule has 7 heteroatoms. The van der Waals surface area contributed by atoms with Gasteiger partial charge < -0.3 is 36.3 Å². The smallest absolute Gasteiger partial charge is 0.188 e. The third kappa shape index (κ3) is 2.36. The van der Waals surface area contributed by atoms with Crippen molar-refractivity contribution in [2.45, 2.75) is 19.6 Å². The molecule has 1 unspecified atom stereocenters. The molecule has 0 bridgehead atoms. The number of anilines is 4. The number of rotatable bonds is 5. The van der Waals surface area contributed by atoms with Gasteiger partial charge in [0, 0.05) is 6.61 Å². The first-order valence-electron chi connectivity index (χ1n) is 6.58. The molecule has 0 spiro atoms. The van der Waals surface area contributed by atoms with Crippen molar-refractivity contribution in [3.8, 4) is 11.5 Å². The molecule has 0 radical (unpaired) electrons. The summed E-state index contributed by atoms with van der Waals surface area (Å²) in [6.07, 6.45) is 0.802. The monoisotopic (exact) mass is 282 g/mol. The van der Waals surface area contributed by atoms with Crippen LogP contribution in [0.3, 0.4) is 0 Å². The van der Waals surface area contributed by atoms with Gasteiger partial charge in [-0.15, -0.1) is 0 Å². The van der Waals surface area contributed by atoms with E-state index in [9.17, 15) is 0 Å². The second-order valence-corrected chi connectivity index (χ2v) is 4.53. The number of fused-ring (bicyclic) bond motifs is 1. The van der Waals surface area contributed by atoms with Crippen LogP contribution in [0, 0.1) is 0 Å². The molecule has 1 aliphatic heterocycles. The van der Waals surface area contributed by atoms with Crippen LogP contribution >= 0.6 is 0 Å². The average molecular weight is 282 g/mol. The summed E-state index contributed by atoms with van der Waals surface area (Å²) < 4.78 is 16.2. The molecule has 0 fully saturated rings. The molecule has 7 nitrogen and oxygen atoms in total. The molecule has 1 aliphatic rings. The lowest BCUT2D eigenvalue weighted by Gasteiger charge is -2.31. The number of nitrogens with two attached hydrogens (primary N) is 2. The van der Waals surface area contributed by atoms with E-state index in [0.29, 0.717) is 41.7 Å². The second-order valence-electron chi connectivity index (χ2n) is 4.53. The lowest BCUT2D eigenvalue weighted by molar-refractivity contribution is 0.0800. The number of benzene rings is 1. The Morgan fingerprint density at radius 2 is 1.70 bits per heavy atom. The van der Waals surface area contributed by atoms with E-state index in [-0.39, 0.29) is 6.23 Å². The van der Waals surface area contributed by atoms with Crippen LogP contribution in [0.15, 0.2) is 0 Å². The zero-order chi connectivity index (χ0) is 14.7. The summed E-state index contributed by atoms with van der Waals surface area (Å²) in [4.78, 5) is 0. The van der Waals surface area contributed by atoms with Gasteiger partial charge in [0.15, 0.2) is 11.5 Å². The van der Waals surface area contributed by atoms with E-state index in [1.54, 1.807) is 0 Å². The molecule has 1 heterocycles. The molecule has 112 valence electrons. The van der Waals surface area contributed by atoms with Crippen LogP contribution in [0.25, 0.3) is 0 Å². The van der Waals surface area contributed by atoms with E-state index < -0.39 is 0 Å². The second kappa shape index (κ2) is 5.96. The van der Waals surface area contributed by atoms with Crippen LogP contribution in [-0.4, -0.2) is 33.6 Å². The first kappa shape index (κ1) is 14.4. The first-order valence-corrected chi connectivity index (χ1v) is 6.58. The van der Waals surface area contributed by atoms with Crippen molar-refractivity contribution in [3.63, 3.8) is 0 Å². The van der Waals surface area contributed by atoms with Gasteiger partial charge in [0.25, 0.3) is 0 Å². The van der Waals surface area contributed by atoms with Gasteiger partial charge in [-0.3, -0.25) is 0 Å². The summed E-state index contributed by atoms with van der Waals surface area (Å²) in [6, 6.07) is 0. The zero-order valence-corrected chi connectivity index (χ0v) is 12.1. The van der Waals surface area contributed by atoms with Crippen LogP contribution in [-0.2, 0) is 4.74 Å². The summed E-state index contributed by atoms with van der Waals surface area (Å²) in [5.41, 5.74) is 14.6. The average Bonchev–Trinajstić information content (AvgIpc) is 2.48. The van der Waals surface area contributed by atoms with Crippen molar-refractivity contribution >= 4 is 22.7 Å². The van der Waals surface area contributed by atoms with Crippen molar-refractivity contribution < 1.29 is 14.2 Å². The third-order valence-corrected chi connectivity index (χ3v) is 3.19. The van der Waals surface area contributed by atoms with Crippen LogP contribution < -0.4 is 31.6 Å². The number of hydrogen-bond donors (Lipinski definition) is 4. The fraction of sp³-hybridized carbons (Fsp3) is 0.538.